The van der Waals surface area contributed by atoms with Crippen LogP contribution in [0.5, 0.6) is 0 Å². The average molecular weight is 438 g/mol. The van der Waals surface area contributed by atoms with Crippen molar-refractivity contribution < 1.29 is 23.9 Å². The van der Waals surface area contributed by atoms with E-state index in [9.17, 15) is 19.2 Å². The molecule has 2 heterocycles. The summed E-state index contributed by atoms with van der Waals surface area (Å²) in [5.41, 5.74) is 1.34. The van der Waals surface area contributed by atoms with Crippen LogP contribution in [-0.4, -0.2) is 35.5 Å². The van der Waals surface area contributed by atoms with Crippen molar-refractivity contribution in [3.05, 3.63) is 70.9 Å². The van der Waals surface area contributed by atoms with Crippen LogP contribution in [0.3, 0.4) is 0 Å². The van der Waals surface area contributed by atoms with Gasteiger partial charge in [0.25, 0.3) is 11.8 Å². The summed E-state index contributed by atoms with van der Waals surface area (Å²) >= 11 is 5.88. The molecule has 9 heteroatoms. The maximum Gasteiger partial charge on any atom is 0.335 e. The zero-order valence-corrected chi connectivity index (χ0v) is 17.1. The molecule has 2 aromatic carbocycles. The lowest BCUT2D eigenvalue weighted by Gasteiger charge is -2.26. The van der Waals surface area contributed by atoms with Gasteiger partial charge in [0.15, 0.2) is 0 Å². The van der Waals surface area contributed by atoms with Crippen molar-refractivity contribution in [2.75, 3.05) is 12.0 Å². The molecule has 1 saturated heterocycles. The lowest BCUT2D eigenvalue weighted by Crippen LogP contribution is -2.54. The Balaban J connectivity index is 1.78. The molecule has 4 amide bonds. The third-order valence-corrected chi connectivity index (χ3v) is 5.08. The molecule has 0 aliphatic carbocycles. The normalized spacial score (nSPS) is 15.5. The second kappa shape index (κ2) is 8.08. The fourth-order valence-corrected chi connectivity index (χ4v) is 3.49. The Kier molecular flexibility index (Phi) is 5.31. The molecule has 1 aliphatic heterocycles. The summed E-state index contributed by atoms with van der Waals surface area (Å²) in [5, 5.41) is 3.36. The minimum absolute atomic E-state index is 0.0320. The van der Waals surface area contributed by atoms with Gasteiger partial charge in [0.05, 0.1) is 12.8 Å². The number of methoxy groups -OCH3 is 1. The van der Waals surface area contributed by atoms with E-state index in [0.717, 1.165) is 15.8 Å². The zero-order valence-electron chi connectivity index (χ0n) is 16.3. The predicted octanol–water partition coefficient (Wildman–Crippen LogP) is 3.13. The Bertz CT molecular complexity index is 1260. The highest BCUT2D eigenvalue weighted by atomic mass is 35.5. The number of benzene rings is 2. The van der Waals surface area contributed by atoms with Crippen LogP contribution in [-0.2, 0) is 25.7 Å². The van der Waals surface area contributed by atoms with Crippen LogP contribution in [0.15, 0.2) is 60.3 Å². The van der Waals surface area contributed by atoms with E-state index in [4.69, 9.17) is 16.3 Å². The number of anilines is 1. The van der Waals surface area contributed by atoms with Crippen LogP contribution in [0.25, 0.3) is 17.0 Å². The Morgan fingerprint density at radius 1 is 1.10 bits per heavy atom. The molecule has 0 saturated carbocycles. The van der Waals surface area contributed by atoms with Gasteiger partial charge in [0, 0.05) is 27.7 Å². The van der Waals surface area contributed by atoms with E-state index in [2.05, 4.69) is 5.32 Å². The largest absolute Gasteiger partial charge is 0.468 e. The quantitative estimate of drug-likeness (QED) is 0.384. The minimum Gasteiger partial charge on any atom is -0.468 e. The number of nitrogens with one attached hydrogen (secondary N) is 1. The minimum atomic E-state index is -0.845. The topological polar surface area (TPSA) is 97.7 Å². The van der Waals surface area contributed by atoms with Gasteiger partial charge in [-0.25, -0.2) is 9.69 Å². The zero-order chi connectivity index (χ0) is 22.1. The molecule has 1 aromatic heterocycles. The lowest BCUT2D eigenvalue weighted by atomic mass is 10.1. The fourth-order valence-electron chi connectivity index (χ4n) is 3.36. The van der Waals surface area contributed by atoms with Gasteiger partial charge < -0.3 is 9.30 Å². The molecule has 1 fully saturated rings. The van der Waals surface area contributed by atoms with Crippen LogP contribution < -0.4 is 10.2 Å². The number of hydrogen-bond donors (Lipinski definition) is 1. The molecule has 0 radical (unpaired) electrons. The van der Waals surface area contributed by atoms with Crippen LogP contribution in [0.2, 0.25) is 5.02 Å². The Labute approximate surface area is 181 Å². The summed E-state index contributed by atoms with van der Waals surface area (Å²) in [6, 6.07) is 12.5. The van der Waals surface area contributed by atoms with E-state index in [0.29, 0.717) is 10.6 Å². The highest BCUT2D eigenvalue weighted by Gasteiger charge is 2.37. The van der Waals surface area contributed by atoms with Crippen LogP contribution in [0.4, 0.5) is 10.5 Å². The van der Waals surface area contributed by atoms with Crippen molar-refractivity contribution in [1.82, 2.24) is 9.88 Å². The van der Waals surface area contributed by atoms with Crippen molar-refractivity contribution in [3.8, 4) is 0 Å². The van der Waals surface area contributed by atoms with Gasteiger partial charge in [-0.05, 0) is 36.4 Å². The van der Waals surface area contributed by atoms with Gasteiger partial charge >= 0.3 is 12.0 Å². The molecule has 4 rings (SSSR count). The first-order valence-electron chi connectivity index (χ1n) is 9.21. The number of amides is 4. The summed E-state index contributed by atoms with van der Waals surface area (Å²) in [6.07, 6.45) is 3.06. The molecule has 1 aliphatic rings. The summed E-state index contributed by atoms with van der Waals surface area (Å²) < 4.78 is 6.40. The molecule has 0 spiro atoms. The molecule has 3 aromatic rings. The number of nitrogens with zero attached hydrogens (tertiary/aromatic N) is 2. The molecule has 31 heavy (non-hydrogen) atoms. The molecule has 156 valence electrons. The third kappa shape index (κ3) is 3.80. The van der Waals surface area contributed by atoms with E-state index >= 15 is 0 Å². The first kappa shape index (κ1) is 20.4. The number of carbonyl (C=O) groups excluding carboxylic acids is 4. The van der Waals surface area contributed by atoms with Crippen LogP contribution in [0.1, 0.15) is 5.56 Å². The number of ether oxygens (including phenoxy) is 1. The van der Waals surface area contributed by atoms with E-state index in [1.54, 1.807) is 16.8 Å². The van der Waals surface area contributed by atoms with E-state index < -0.39 is 23.8 Å². The number of para-hydroxylation sites is 1. The molecule has 8 nitrogen and oxygen atoms in total. The number of aromatic nitrogens is 1. The second-order valence-corrected chi connectivity index (χ2v) is 7.18. The summed E-state index contributed by atoms with van der Waals surface area (Å²) in [5.74, 6) is -2.00. The van der Waals surface area contributed by atoms with Gasteiger partial charge in [-0.15, -0.1) is 0 Å². The number of barbiturate groups is 1. The number of halogens is 1. The molecular formula is C22H16ClN3O5. The number of imide groups is 2. The second-order valence-electron chi connectivity index (χ2n) is 6.74. The average Bonchev–Trinajstić information content (AvgIpc) is 3.09. The van der Waals surface area contributed by atoms with Crippen molar-refractivity contribution in [1.29, 1.82) is 0 Å². The Hall–Kier alpha value is -3.91. The molecule has 0 unspecified atom stereocenters. The highest BCUT2D eigenvalue weighted by Crippen LogP contribution is 2.27. The smallest absolute Gasteiger partial charge is 0.335 e. The molecular weight excluding hydrogens is 422 g/mol. The first-order chi connectivity index (χ1) is 14.9. The number of hydrogen-bond acceptors (Lipinski definition) is 5. The number of fused-ring (bicyclic) bond motifs is 1. The van der Waals surface area contributed by atoms with Crippen molar-refractivity contribution in [2.45, 2.75) is 6.54 Å². The van der Waals surface area contributed by atoms with Crippen molar-refractivity contribution in [3.63, 3.8) is 0 Å². The summed E-state index contributed by atoms with van der Waals surface area (Å²) in [4.78, 5) is 50.5. The SMILES string of the molecule is COC(=O)Cn1cc(/C=C2\C(=O)NC(=O)N(c3ccc(Cl)cc3)C2=O)c2ccccc21. The highest BCUT2D eigenvalue weighted by molar-refractivity contribution is 6.39. The summed E-state index contributed by atoms with van der Waals surface area (Å²) in [6.45, 7) is -0.0320. The first-order valence-corrected chi connectivity index (χ1v) is 9.58. The number of carbonyl (C=O) groups is 4. The van der Waals surface area contributed by atoms with Crippen molar-refractivity contribution >= 4 is 58.1 Å². The van der Waals surface area contributed by atoms with Gasteiger partial charge in [-0.2, -0.15) is 0 Å². The Morgan fingerprint density at radius 3 is 2.52 bits per heavy atom. The number of esters is 1. The number of rotatable bonds is 4. The van der Waals surface area contributed by atoms with Crippen LogP contribution in [0, 0.1) is 0 Å². The fraction of sp³-hybridized carbons (Fsp3) is 0.0909. The monoisotopic (exact) mass is 437 g/mol. The van der Waals surface area contributed by atoms with E-state index in [-0.39, 0.29) is 17.8 Å². The van der Waals surface area contributed by atoms with Gasteiger partial charge in [0.1, 0.15) is 12.1 Å². The standard InChI is InChI=1S/C22H16ClN3O5/c1-31-19(27)12-25-11-13(16-4-2-3-5-18(16)25)10-17-20(28)24-22(30)26(21(17)29)15-8-6-14(23)7-9-15/h2-11H,12H2,1H3,(H,24,28,30)/b17-10+. The van der Waals surface area contributed by atoms with Crippen LogP contribution >= 0.6 is 11.6 Å². The van der Waals surface area contributed by atoms with Gasteiger partial charge in [0.2, 0.25) is 0 Å². The van der Waals surface area contributed by atoms with Gasteiger partial charge in [-0.1, -0.05) is 29.8 Å². The number of urea groups is 1. The summed E-state index contributed by atoms with van der Waals surface area (Å²) in [7, 11) is 1.30. The molecule has 0 bridgehead atoms. The van der Waals surface area contributed by atoms with E-state index in [1.807, 2.05) is 18.2 Å². The molecule has 0 atom stereocenters. The maximum atomic E-state index is 13.1. The Morgan fingerprint density at radius 2 is 1.81 bits per heavy atom. The van der Waals surface area contributed by atoms with E-state index in [1.165, 1.54) is 37.5 Å². The van der Waals surface area contributed by atoms with Gasteiger partial charge in [-0.3, -0.25) is 19.7 Å². The van der Waals surface area contributed by atoms with Crippen molar-refractivity contribution in [2.24, 2.45) is 0 Å². The maximum absolute atomic E-state index is 13.1. The third-order valence-electron chi connectivity index (χ3n) is 4.83. The lowest BCUT2D eigenvalue weighted by molar-refractivity contribution is -0.141. The predicted molar refractivity (Wildman–Crippen MR) is 114 cm³/mol. The molecule has 1 N–H and O–H groups in total.